The predicted octanol–water partition coefficient (Wildman–Crippen LogP) is 2.95. The third-order valence-electron chi connectivity index (χ3n) is 5.14. The molecule has 1 aromatic carbocycles. The molecule has 1 aromatic heterocycles. The number of sulfonamides is 1. The minimum atomic E-state index is -3.43. The Morgan fingerprint density at radius 2 is 1.93 bits per heavy atom. The lowest BCUT2D eigenvalue weighted by molar-refractivity contribution is 0.0925. The highest BCUT2D eigenvalue weighted by molar-refractivity contribution is 7.92. The number of nitrogens with zero attached hydrogens (tertiary/aromatic N) is 2. The van der Waals surface area contributed by atoms with Gasteiger partial charge in [0.1, 0.15) is 0 Å². The molecule has 0 saturated carbocycles. The highest BCUT2D eigenvalue weighted by Crippen LogP contribution is 2.27. The maximum absolute atomic E-state index is 12.8. The Morgan fingerprint density at radius 3 is 2.62 bits per heavy atom. The molecule has 0 radical (unpaired) electrons. The molecule has 0 atom stereocenters. The first-order valence-corrected chi connectivity index (χ1v) is 11.5. The van der Waals surface area contributed by atoms with E-state index in [1.165, 1.54) is 0 Å². The summed E-state index contributed by atoms with van der Waals surface area (Å²) in [5, 5.41) is 0. The van der Waals surface area contributed by atoms with Crippen molar-refractivity contribution in [2.75, 3.05) is 31.2 Å². The summed E-state index contributed by atoms with van der Waals surface area (Å²) in [7, 11) is -1.81. The summed E-state index contributed by atoms with van der Waals surface area (Å²) in [6, 6.07) is 10.7. The molecular formula is C21H27N3O4S. The number of nitrogens with one attached hydrogen (secondary N) is 1. The lowest BCUT2D eigenvalue weighted by Gasteiger charge is -2.32. The number of likely N-dealkylation sites (tertiary alicyclic amines) is 1. The van der Waals surface area contributed by atoms with Crippen LogP contribution in [0.1, 0.15) is 35.2 Å². The van der Waals surface area contributed by atoms with E-state index in [0.717, 1.165) is 44.3 Å². The first-order chi connectivity index (χ1) is 13.9. The van der Waals surface area contributed by atoms with E-state index in [2.05, 4.69) is 14.6 Å². The van der Waals surface area contributed by atoms with Crippen LogP contribution in [0, 0.1) is 5.92 Å². The number of piperidine rings is 1. The summed E-state index contributed by atoms with van der Waals surface area (Å²) < 4.78 is 30.9. The van der Waals surface area contributed by atoms with Crippen LogP contribution in [0.4, 0.5) is 5.69 Å². The van der Waals surface area contributed by atoms with Gasteiger partial charge in [-0.1, -0.05) is 18.2 Å². The summed E-state index contributed by atoms with van der Waals surface area (Å²) >= 11 is 0. The zero-order chi connectivity index (χ0) is 20.9. The van der Waals surface area contributed by atoms with Crippen molar-refractivity contribution in [1.29, 1.82) is 0 Å². The standard InChI is InChI=1S/C21H27N3O4S/c1-28-21-17(6-5-11-22-21)15-24-12-9-16(10-13-24)14-20(25)18-7-3-4-8-19(18)23-29(2,26)27/h3-8,11,16,23H,9-10,12-15H2,1-2H3. The van der Waals surface area contributed by atoms with Gasteiger partial charge in [0.05, 0.1) is 19.1 Å². The third kappa shape index (κ3) is 6.01. The lowest BCUT2D eigenvalue weighted by Crippen LogP contribution is -2.34. The fourth-order valence-corrected chi connectivity index (χ4v) is 4.28. The maximum atomic E-state index is 12.8. The molecule has 3 rings (SSSR count). The minimum Gasteiger partial charge on any atom is -0.481 e. The average molecular weight is 418 g/mol. The Bertz CT molecular complexity index is 954. The molecule has 1 fully saturated rings. The number of hydrogen-bond donors (Lipinski definition) is 1. The van der Waals surface area contributed by atoms with Gasteiger partial charge < -0.3 is 4.74 Å². The van der Waals surface area contributed by atoms with Gasteiger partial charge >= 0.3 is 0 Å². The summed E-state index contributed by atoms with van der Waals surface area (Å²) in [5.41, 5.74) is 1.84. The van der Waals surface area contributed by atoms with Crippen LogP contribution >= 0.6 is 0 Å². The van der Waals surface area contributed by atoms with Gasteiger partial charge in [-0.2, -0.15) is 0 Å². The molecule has 1 aliphatic rings. The van der Waals surface area contributed by atoms with E-state index in [4.69, 9.17) is 4.74 Å². The highest BCUT2D eigenvalue weighted by atomic mass is 32.2. The van der Waals surface area contributed by atoms with Gasteiger partial charge in [0.15, 0.2) is 5.78 Å². The number of aromatic nitrogens is 1. The lowest BCUT2D eigenvalue weighted by atomic mass is 9.89. The van der Waals surface area contributed by atoms with Crippen molar-refractivity contribution in [2.45, 2.75) is 25.8 Å². The number of anilines is 1. The highest BCUT2D eigenvalue weighted by Gasteiger charge is 2.24. The van der Waals surface area contributed by atoms with Gasteiger partial charge in [-0.15, -0.1) is 0 Å². The van der Waals surface area contributed by atoms with Crippen LogP contribution in [0.15, 0.2) is 42.6 Å². The predicted molar refractivity (Wildman–Crippen MR) is 113 cm³/mol. The summed E-state index contributed by atoms with van der Waals surface area (Å²) in [6.45, 7) is 2.58. The molecule has 1 aliphatic heterocycles. The first kappa shape index (κ1) is 21.3. The smallest absolute Gasteiger partial charge is 0.229 e. The SMILES string of the molecule is COc1ncccc1CN1CCC(CC(=O)c2ccccc2NS(C)(=O)=O)CC1. The summed E-state index contributed by atoms with van der Waals surface area (Å²) in [4.78, 5) is 19.4. The van der Waals surface area contributed by atoms with Crippen molar-refractivity contribution in [2.24, 2.45) is 5.92 Å². The molecule has 0 spiro atoms. The fraction of sp³-hybridized carbons (Fsp3) is 0.429. The Labute approximate surface area is 172 Å². The molecule has 8 heteroatoms. The molecular weight excluding hydrogens is 390 g/mol. The summed E-state index contributed by atoms with van der Waals surface area (Å²) in [5.74, 6) is 0.921. The number of hydrogen-bond acceptors (Lipinski definition) is 6. The zero-order valence-electron chi connectivity index (χ0n) is 16.8. The van der Waals surface area contributed by atoms with E-state index in [0.29, 0.717) is 29.5 Å². The number of rotatable bonds is 8. The van der Waals surface area contributed by atoms with Gasteiger partial charge in [-0.3, -0.25) is 14.4 Å². The number of para-hydroxylation sites is 1. The monoisotopic (exact) mass is 417 g/mol. The molecule has 7 nitrogen and oxygen atoms in total. The zero-order valence-corrected chi connectivity index (χ0v) is 17.6. The fourth-order valence-electron chi connectivity index (χ4n) is 3.70. The molecule has 0 amide bonds. The van der Waals surface area contributed by atoms with Crippen LogP contribution in [0.2, 0.25) is 0 Å². The van der Waals surface area contributed by atoms with Crippen molar-refractivity contribution in [3.8, 4) is 5.88 Å². The first-order valence-electron chi connectivity index (χ1n) is 9.66. The number of carbonyl (C=O) groups is 1. The van der Waals surface area contributed by atoms with Crippen molar-refractivity contribution in [3.05, 3.63) is 53.7 Å². The number of pyridine rings is 1. The van der Waals surface area contributed by atoms with E-state index < -0.39 is 10.0 Å². The molecule has 1 saturated heterocycles. The van der Waals surface area contributed by atoms with E-state index in [1.807, 2.05) is 12.1 Å². The van der Waals surface area contributed by atoms with Crippen LogP contribution in [0.5, 0.6) is 5.88 Å². The topological polar surface area (TPSA) is 88.6 Å². The average Bonchev–Trinajstić information content (AvgIpc) is 2.69. The van der Waals surface area contributed by atoms with Gasteiger partial charge in [-0.05, 0) is 50.0 Å². The maximum Gasteiger partial charge on any atom is 0.229 e. The van der Waals surface area contributed by atoms with Crippen molar-refractivity contribution < 1.29 is 17.9 Å². The Morgan fingerprint density at radius 1 is 1.21 bits per heavy atom. The van der Waals surface area contributed by atoms with Crippen molar-refractivity contribution >= 4 is 21.5 Å². The largest absolute Gasteiger partial charge is 0.481 e. The van der Waals surface area contributed by atoms with E-state index in [-0.39, 0.29) is 5.78 Å². The Hall–Kier alpha value is -2.45. The second kappa shape index (κ2) is 9.37. The Kier molecular flexibility index (Phi) is 6.87. The van der Waals surface area contributed by atoms with E-state index in [1.54, 1.807) is 37.6 Å². The van der Waals surface area contributed by atoms with Crippen molar-refractivity contribution in [1.82, 2.24) is 9.88 Å². The van der Waals surface area contributed by atoms with E-state index >= 15 is 0 Å². The number of ketones is 1. The molecule has 2 aromatic rings. The molecule has 156 valence electrons. The van der Waals surface area contributed by atoms with Gasteiger partial charge in [0, 0.05) is 30.3 Å². The molecule has 2 heterocycles. The second-order valence-electron chi connectivity index (χ2n) is 7.44. The second-order valence-corrected chi connectivity index (χ2v) is 9.19. The van der Waals surface area contributed by atoms with Gasteiger partial charge in [-0.25, -0.2) is 13.4 Å². The normalized spacial score (nSPS) is 15.8. The molecule has 0 unspecified atom stereocenters. The van der Waals surface area contributed by atoms with Crippen LogP contribution < -0.4 is 9.46 Å². The van der Waals surface area contributed by atoms with Gasteiger partial charge in [0.2, 0.25) is 15.9 Å². The number of Topliss-reactive ketones (excluding diaryl/α,β-unsaturated/α-hetero) is 1. The minimum absolute atomic E-state index is 0.0240. The van der Waals surface area contributed by atoms with Crippen LogP contribution in [-0.2, 0) is 16.6 Å². The molecule has 0 bridgehead atoms. The number of methoxy groups -OCH3 is 1. The Balaban J connectivity index is 1.57. The quantitative estimate of drug-likeness (QED) is 0.665. The van der Waals surface area contributed by atoms with Crippen molar-refractivity contribution in [3.63, 3.8) is 0 Å². The van der Waals surface area contributed by atoms with Crippen LogP contribution in [-0.4, -0.2) is 50.5 Å². The molecule has 0 aliphatic carbocycles. The number of carbonyl (C=O) groups excluding carboxylic acids is 1. The number of ether oxygens (including phenoxy) is 1. The van der Waals surface area contributed by atoms with E-state index in [9.17, 15) is 13.2 Å². The number of benzene rings is 1. The van der Waals surface area contributed by atoms with Crippen LogP contribution in [0.3, 0.4) is 0 Å². The summed E-state index contributed by atoms with van der Waals surface area (Å²) in [6.07, 6.45) is 5.08. The third-order valence-corrected chi connectivity index (χ3v) is 5.73. The molecule has 1 N–H and O–H groups in total. The molecule has 29 heavy (non-hydrogen) atoms. The van der Waals surface area contributed by atoms with Crippen LogP contribution in [0.25, 0.3) is 0 Å². The van der Waals surface area contributed by atoms with Gasteiger partial charge in [0.25, 0.3) is 0 Å².